The third-order valence-electron chi connectivity index (χ3n) is 15.8. The summed E-state index contributed by atoms with van der Waals surface area (Å²) in [5.74, 6) is 1.40. The van der Waals surface area contributed by atoms with Gasteiger partial charge < -0.3 is 15.0 Å². The van der Waals surface area contributed by atoms with Crippen LogP contribution >= 0.6 is 0 Å². The number of aromatic nitrogens is 2. The molecule has 2 N–H and O–H groups in total. The highest BCUT2D eigenvalue weighted by Gasteiger charge is 2.53. The molecule has 0 unspecified atom stereocenters. The summed E-state index contributed by atoms with van der Waals surface area (Å²) in [5.41, 5.74) is 6.89. The summed E-state index contributed by atoms with van der Waals surface area (Å²) in [4.78, 5) is 43.6. The molecule has 3 heterocycles. The van der Waals surface area contributed by atoms with Crippen LogP contribution in [0.5, 0.6) is 0 Å². The Labute approximate surface area is 420 Å². The SMILES string of the molecule is O=C(NS(=O)(=O)c1ccc(NCC2CCOCC2)c([N+](=O)[O-])c1)c1ccc(N2CCC(=Cc3ccccc3-c3cn(C45CC6CC(CC(C6)C4)C5)nc3C(=O)N(c3ccccc3)c3ccccc3)CC2)cc1. The van der Waals surface area contributed by atoms with Crippen LogP contribution in [0.2, 0.25) is 0 Å². The maximum atomic E-state index is 15.3. The van der Waals surface area contributed by atoms with Crippen molar-refractivity contribution in [2.45, 2.75) is 74.6 Å². The van der Waals surface area contributed by atoms with Crippen LogP contribution in [0.1, 0.15) is 90.6 Å². The smallest absolute Gasteiger partial charge is 0.293 e. The first-order chi connectivity index (χ1) is 35.0. The Morgan fingerprint density at radius 2 is 1.40 bits per heavy atom. The molecule has 6 aliphatic rings. The van der Waals surface area contributed by atoms with Crippen LogP contribution in [-0.4, -0.2) is 67.8 Å². The van der Waals surface area contributed by atoms with E-state index in [1.165, 1.54) is 37.0 Å². The van der Waals surface area contributed by atoms with Crippen LogP contribution in [-0.2, 0) is 20.3 Å². The van der Waals surface area contributed by atoms with Gasteiger partial charge in [-0.15, -0.1) is 0 Å². The summed E-state index contributed by atoms with van der Waals surface area (Å²) < 4.78 is 36.4. The van der Waals surface area contributed by atoms with Gasteiger partial charge in [0.25, 0.3) is 27.5 Å². The number of nitrogens with zero attached hydrogens (tertiary/aromatic N) is 5. The Morgan fingerprint density at radius 3 is 2.03 bits per heavy atom. The summed E-state index contributed by atoms with van der Waals surface area (Å²) in [6, 6.07) is 38.4. The summed E-state index contributed by atoms with van der Waals surface area (Å²) in [5, 5.41) is 20.4. The topological polar surface area (TPSA) is 169 Å². The van der Waals surface area contributed by atoms with E-state index in [4.69, 9.17) is 9.84 Å². The Bertz CT molecular complexity index is 3050. The standard InChI is InChI=1S/C57H59N7O7S/c65-55(60-72(69,70)49-19-20-52(53(33-49)64(67)68)58-37-40-23-27-71-28-24-40)44-15-17-46(18-16-44)61-25-21-39(22-26-61)32-45-9-7-8-14-50(45)51-38-62(57-34-41-29-42(35-57)31-43(30-41)36-57)59-54(51)56(66)63(47-10-3-1-4-11-47)48-12-5-2-6-13-48/h1-20,32-33,38,40-43,58H,21-31,34-37H2,(H,60,65). The molecule has 6 fully saturated rings. The van der Waals surface area contributed by atoms with E-state index in [-0.39, 0.29) is 39.2 Å². The van der Waals surface area contributed by atoms with Crippen LogP contribution < -0.4 is 19.8 Å². The maximum Gasteiger partial charge on any atom is 0.293 e. The average Bonchev–Trinajstić information content (AvgIpc) is 3.86. The van der Waals surface area contributed by atoms with E-state index < -0.39 is 20.9 Å². The van der Waals surface area contributed by atoms with Crippen molar-refractivity contribution in [3.63, 3.8) is 0 Å². The third kappa shape index (κ3) is 9.67. The molecule has 1 aromatic heterocycles. The number of para-hydroxylation sites is 2. The number of rotatable bonds is 14. The van der Waals surface area contributed by atoms with Gasteiger partial charge in [-0.3, -0.25) is 29.3 Å². The summed E-state index contributed by atoms with van der Waals surface area (Å²) in [7, 11) is -4.43. The predicted molar refractivity (Wildman–Crippen MR) is 279 cm³/mol. The normalized spacial score (nSPS) is 21.8. The Kier molecular flexibility index (Phi) is 13.0. The molecule has 14 nitrogen and oxygen atoms in total. The number of sulfonamides is 1. The second kappa shape index (κ2) is 19.8. The van der Waals surface area contributed by atoms with Gasteiger partial charge in [0.2, 0.25) is 0 Å². The van der Waals surface area contributed by atoms with Crippen molar-refractivity contribution in [2.75, 3.05) is 48.0 Å². The number of hydrogen-bond acceptors (Lipinski definition) is 10. The second-order valence-electron chi connectivity index (χ2n) is 20.5. The molecule has 2 aliphatic heterocycles. The first-order valence-corrected chi connectivity index (χ1v) is 26.8. The lowest BCUT2D eigenvalue weighted by molar-refractivity contribution is -0.384. The zero-order chi connectivity index (χ0) is 49.4. The van der Waals surface area contributed by atoms with Crippen LogP contribution in [0.3, 0.4) is 0 Å². The Hall–Kier alpha value is -7.10. The van der Waals surface area contributed by atoms with E-state index in [0.717, 1.165) is 97.9 Å². The van der Waals surface area contributed by atoms with E-state index in [2.05, 4.69) is 44.0 Å². The summed E-state index contributed by atoms with van der Waals surface area (Å²) in [6.07, 6.45) is 14.9. The first kappa shape index (κ1) is 47.2. The van der Waals surface area contributed by atoms with Crippen molar-refractivity contribution in [2.24, 2.45) is 23.7 Å². The third-order valence-corrected chi connectivity index (χ3v) is 17.1. The molecule has 6 aromatic rings. The fourth-order valence-corrected chi connectivity index (χ4v) is 13.5. The number of carbonyl (C=O) groups is 2. The lowest BCUT2D eigenvalue weighted by Crippen LogP contribution is -2.52. The number of nitro groups is 1. The van der Waals surface area contributed by atoms with E-state index in [0.29, 0.717) is 43.2 Å². The van der Waals surface area contributed by atoms with Crippen molar-refractivity contribution in [1.82, 2.24) is 14.5 Å². The number of benzene rings is 5. The summed E-state index contributed by atoms with van der Waals surface area (Å²) in [6.45, 7) is 3.22. The van der Waals surface area contributed by atoms with Crippen LogP contribution in [0.4, 0.5) is 28.4 Å². The molecule has 15 heteroatoms. The predicted octanol–water partition coefficient (Wildman–Crippen LogP) is 11.0. The molecule has 0 spiro atoms. The lowest BCUT2D eigenvalue weighted by atomic mass is 9.53. The minimum atomic E-state index is -4.43. The van der Waals surface area contributed by atoms with Gasteiger partial charge in [0, 0.05) is 73.3 Å². The maximum absolute atomic E-state index is 15.3. The second-order valence-corrected chi connectivity index (χ2v) is 22.2. The van der Waals surface area contributed by atoms with Gasteiger partial charge in [0.1, 0.15) is 5.69 Å². The fourth-order valence-electron chi connectivity index (χ4n) is 12.5. The molecule has 72 heavy (non-hydrogen) atoms. The van der Waals surface area contributed by atoms with Crippen LogP contribution in [0.15, 0.2) is 144 Å². The quantitative estimate of drug-likeness (QED) is 0.0791. The number of hydrogen-bond donors (Lipinski definition) is 2. The van der Waals surface area contributed by atoms with Crippen molar-refractivity contribution >= 4 is 56.4 Å². The molecule has 2 amide bonds. The molecule has 2 saturated heterocycles. The van der Waals surface area contributed by atoms with Gasteiger partial charge in [0.05, 0.1) is 15.4 Å². The Morgan fingerprint density at radius 1 is 0.792 bits per heavy atom. The van der Waals surface area contributed by atoms with Gasteiger partial charge in [-0.1, -0.05) is 72.3 Å². The number of nitrogens with one attached hydrogen (secondary N) is 2. The molecule has 4 aliphatic carbocycles. The largest absolute Gasteiger partial charge is 0.381 e. The van der Waals surface area contributed by atoms with Gasteiger partial charge >= 0.3 is 0 Å². The zero-order valence-corrected chi connectivity index (χ0v) is 41.0. The highest BCUT2D eigenvalue weighted by atomic mass is 32.2. The fraction of sp³-hybridized carbons (Fsp3) is 0.351. The zero-order valence-electron chi connectivity index (χ0n) is 40.2. The highest BCUT2D eigenvalue weighted by Crippen LogP contribution is 2.59. The van der Waals surface area contributed by atoms with Crippen molar-refractivity contribution < 1.29 is 27.7 Å². The Balaban J connectivity index is 0.803. The van der Waals surface area contributed by atoms with E-state index >= 15 is 4.79 Å². The van der Waals surface area contributed by atoms with Crippen LogP contribution in [0, 0.1) is 33.8 Å². The molecule has 5 aromatic carbocycles. The number of nitro benzene ring substituents is 1. The highest BCUT2D eigenvalue weighted by molar-refractivity contribution is 7.90. The summed E-state index contributed by atoms with van der Waals surface area (Å²) >= 11 is 0. The molecular weight excluding hydrogens is 927 g/mol. The van der Waals surface area contributed by atoms with E-state index in [9.17, 15) is 23.3 Å². The van der Waals surface area contributed by atoms with E-state index in [1.54, 1.807) is 17.0 Å². The minimum absolute atomic E-state index is 0.0901. The average molecular weight is 986 g/mol. The number of carbonyl (C=O) groups excluding carboxylic acids is 2. The molecule has 370 valence electrons. The van der Waals surface area contributed by atoms with Crippen molar-refractivity contribution in [1.29, 1.82) is 0 Å². The minimum Gasteiger partial charge on any atom is -0.381 e. The van der Waals surface area contributed by atoms with E-state index in [1.807, 2.05) is 84.9 Å². The number of anilines is 4. The molecule has 0 radical (unpaired) electrons. The van der Waals surface area contributed by atoms with Crippen molar-refractivity contribution in [3.8, 4) is 11.1 Å². The molecule has 4 bridgehead atoms. The monoisotopic (exact) mass is 985 g/mol. The van der Waals surface area contributed by atoms with Gasteiger partial charge in [-0.05, 0) is 160 Å². The molecule has 4 saturated carbocycles. The van der Waals surface area contributed by atoms with Crippen LogP contribution in [0.25, 0.3) is 17.2 Å². The molecular formula is C57H59N7O7S. The van der Waals surface area contributed by atoms with Gasteiger partial charge in [-0.2, -0.15) is 5.10 Å². The number of amides is 2. The first-order valence-electron chi connectivity index (χ1n) is 25.3. The number of ether oxygens (including phenoxy) is 1. The number of piperidine rings is 1. The lowest BCUT2D eigenvalue weighted by Gasteiger charge is -2.56. The van der Waals surface area contributed by atoms with Gasteiger partial charge in [0.15, 0.2) is 5.69 Å². The molecule has 0 atom stereocenters. The van der Waals surface area contributed by atoms with Crippen molar-refractivity contribution in [3.05, 3.63) is 166 Å². The van der Waals surface area contributed by atoms with Gasteiger partial charge in [-0.25, -0.2) is 13.1 Å². The molecule has 12 rings (SSSR count).